The van der Waals surface area contributed by atoms with Gasteiger partial charge in [-0.1, -0.05) is 103 Å². The molecule has 4 atom stereocenters. The number of allylic oxidation sites excluding steroid dienone is 2. The second kappa shape index (κ2) is 18.3. The van der Waals surface area contributed by atoms with Gasteiger partial charge in [0, 0.05) is 26.2 Å². The van der Waals surface area contributed by atoms with Crippen molar-refractivity contribution in [1.82, 2.24) is 14.9 Å². The molecular formula is C44H49N3O10. The van der Waals surface area contributed by atoms with E-state index in [2.05, 4.69) is 84.6 Å². The molecular weight excluding hydrogens is 730 g/mol. The zero-order valence-electron chi connectivity index (χ0n) is 32.2. The highest BCUT2D eigenvalue weighted by Crippen LogP contribution is 2.52. The second-order valence-corrected chi connectivity index (χ2v) is 14.8. The lowest BCUT2D eigenvalue weighted by molar-refractivity contribution is -0.199. The topological polar surface area (TPSA) is 141 Å². The van der Waals surface area contributed by atoms with E-state index in [1.54, 1.807) is 4.90 Å². The molecule has 0 unspecified atom stereocenters. The van der Waals surface area contributed by atoms with Gasteiger partial charge in [-0.05, 0) is 41.9 Å². The minimum Gasteiger partial charge on any atom is -0.463 e. The number of carbonyl (C=O) groups is 5. The summed E-state index contributed by atoms with van der Waals surface area (Å²) in [4.78, 5) is 71.9. The maximum absolute atomic E-state index is 13.0. The molecule has 0 N–H and O–H groups in total. The lowest BCUT2D eigenvalue weighted by Gasteiger charge is -2.49. The number of ether oxygens (including phenoxy) is 4. The summed E-state index contributed by atoms with van der Waals surface area (Å²) in [6, 6.07) is 29.8. The van der Waals surface area contributed by atoms with Gasteiger partial charge in [-0.15, -0.1) is 5.06 Å². The van der Waals surface area contributed by atoms with E-state index in [1.807, 2.05) is 24.3 Å². The Morgan fingerprint density at radius 1 is 0.614 bits per heavy atom. The van der Waals surface area contributed by atoms with E-state index in [9.17, 15) is 24.0 Å². The van der Waals surface area contributed by atoms with Crippen molar-refractivity contribution in [1.29, 1.82) is 0 Å². The molecule has 3 aromatic carbocycles. The van der Waals surface area contributed by atoms with E-state index in [0.29, 0.717) is 31.2 Å². The summed E-state index contributed by atoms with van der Waals surface area (Å²) < 4.78 is 21.6. The third-order valence-electron chi connectivity index (χ3n) is 11.3. The molecule has 4 aliphatic rings. The molecule has 2 aliphatic heterocycles. The van der Waals surface area contributed by atoms with Crippen LogP contribution < -0.4 is 0 Å². The van der Waals surface area contributed by atoms with E-state index in [4.69, 9.17) is 23.8 Å². The Labute approximate surface area is 332 Å². The molecule has 0 aromatic heterocycles. The Morgan fingerprint density at radius 3 is 1.67 bits per heavy atom. The number of carbonyl (C=O) groups excluding carboxylic acids is 5. The first kappa shape index (κ1) is 39.8. The summed E-state index contributed by atoms with van der Waals surface area (Å²) in [6.07, 6.45) is 3.71. The monoisotopic (exact) mass is 779 g/mol. The SMILES string of the molecule is Cc1ccc(C(c2ccccc2)(c2ccccc2)N2CCN(C(=O)OCCOCCOCCOC(=O)CCC(=O)ON3C(=O)[C@@H]4[C@H](C3=O)[C@@H]3C=C[C@H]4C3)CC2)cc1. The highest BCUT2D eigenvalue weighted by atomic mass is 16.7. The molecule has 1 saturated carbocycles. The van der Waals surface area contributed by atoms with Crippen molar-refractivity contribution in [2.75, 3.05) is 65.8 Å². The van der Waals surface area contributed by atoms with Crippen LogP contribution >= 0.6 is 0 Å². The number of hydroxylamine groups is 2. The quantitative estimate of drug-likeness (QED) is 0.0621. The molecule has 2 saturated heterocycles. The van der Waals surface area contributed by atoms with Gasteiger partial charge in [-0.3, -0.25) is 19.3 Å². The fourth-order valence-corrected chi connectivity index (χ4v) is 8.63. The van der Waals surface area contributed by atoms with Crippen LogP contribution in [0.3, 0.4) is 0 Å². The molecule has 2 heterocycles. The molecule has 57 heavy (non-hydrogen) atoms. The molecule has 300 valence electrons. The molecule has 3 aromatic rings. The molecule has 0 spiro atoms. The van der Waals surface area contributed by atoms with Gasteiger partial charge in [0.15, 0.2) is 0 Å². The smallest absolute Gasteiger partial charge is 0.409 e. The Morgan fingerprint density at radius 2 is 1.11 bits per heavy atom. The minimum atomic E-state index is -0.849. The standard InChI is InChI=1S/C44H49N3O10/c1-31-12-16-36(17-13-31)44(34-8-4-2-5-9-34,35-10-6-3-7-11-35)46-22-20-45(21-23-46)43(52)56-29-27-54-25-24-53-26-28-55-37(48)18-19-38(49)57-47-41(50)39-32-14-15-33(30-32)40(39)42(47)51/h2-17,32-33,39-40H,18-30H2,1H3/t32-,33+,39-,40+. The number of piperazine rings is 1. The van der Waals surface area contributed by atoms with E-state index < -0.39 is 41.1 Å². The van der Waals surface area contributed by atoms with E-state index >= 15 is 0 Å². The van der Waals surface area contributed by atoms with Gasteiger partial charge < -0.3 is 28.7 Å². The van der Waals surface area contributed by atoms with E-state index in [-0.39, 0.29) is 70.4 Å². The fourth-order valence-electron chi connectivity index (χ4n) is 8.63. The second-order valence-electron chi connectivity index (χ2n) is 14.8. The predicted octanol–water partition coefficient (Wildman–Crippen LogP) is 4.66. The maximum atomic E-state index is 13.0. The van der Waals surface area contributed by atoms with Gasteiger partial charge in [0.25, 0.3) is 11.8 Å². The number of hydrogen-bond acceptors (Lipinski definition) is 11. The normalized spacial score (nSPS) is 21.5. The Hall–Kier alpha value is -5.37. The van der Waals surface area contributed by atoms with Gasteiger partial charge in [-0.2, -0.15) is 0 Å². The number of nitrogens with zero attached hydrogens (tertiary/aromatic N) is 3. The molecule has 0 radical (unpaired) electrons. The van der Waals surface area contributed by atoms with Gasteiger partial charge in [0.05, 0.1) is 56.6 Å². The molecule has 2 aliphatic carbocycles. The average molecular weight is 780 g/mol. The number of hydrogen-bond donors (Lipinski definition) is 0. The Kier molecular flexibility index (Phi) is 12.8. The van der Waals surface area contributed by atoms with Crippen LogP contribution in [0, 0.1) is 30.6 Å². The third kappa shape index (κ3) is 8.65. The largest absolute Gasteiger partial charge is 0.463 e. The van der Waals surface area contributed by atoms with E-state index in [1.165, 1.54) is 11.1 Å². The number of benzene rings is 3. The zero-order chi connectivity index (χ0) is 39.8. The van der Waals surface area contributed by atoms with Gasteiger partial charge >= 0.3 is 18.0 Å². The van der Waals surface area contributed by atoms with Crippen LogP contribution in [0.25, 0.3) is 0 Å². The lowest BCUT2D eigenvalue weighted by Crippen LogP contribution is -2.57. The van der Waals surface area contributed by atoms with Crippen molar-refractivity contribution in [2.24, 2.45) is 23.7 Å². The van der Waals surface area contributed by atoms with Crippen molar-refractivity contribution in [2.45, 2.75) is 31.7 Å². The lowest BCUT2D eigenvalue weighted by atomic mass is 9.75. The number of rotatable bonds is 17. The van der Waals surface area contributed by atoms with Crippen LogP contribution in [0.2, 0.25) is 0 Å². The molecule has 2 bridgehead atoms. The number of aryl methyl sites for hydroxylation is 1. The summed E-state index contributed by atoms with van der Waals surface area (Å²) in [5.41, 5.74) is 4.14. The van der Waals surface area contributed by atoms with Crippen molar-refractivity contribution in [3.8, 4) is 0 Å². The average Bonchev–Trinajstić information content (AvgIpc) is 3.93. The van der Waals surface area contributed by atoms with Crippen LogP contribution in [0.5, 0.6) is 0 Å². The van der Waals surface area contributed by atoms with Crippen LogP contribution in [-0.4, -0.2) is 111 Å². The molecule has 3 amide bonds. The maximum Gasteiger partial charge on any atom is 0.409 e. The summed E-state index contributed by atoms with van der Waals surface area (Å²) in [5, 5.41) is 0.576. The first-order chi connectivity index (χ1) is 27.8. The van der Waals surface area contributed by atoms with Crippen molar-refractivity contribution < 1.29 is 47.8 Å². The van der Waals surface area contributed by atoms with Crippen LogP contribution in [0.15, 0.2) is 97.1 Å². The molecule has 3 fully saturated rings. The van der Waals surface area contributed by atoms with E-state index in [0.717, 1.165) is 17.5 Å². The highest BCUT2D eigenvalue weighted by molar-refractivity contribution is 6.06. The Bertz CT molecular complexity index is 1840. The highest BCUT2D eigenvalue weighted by Gasteiger charge is 2.61. The van der Waals surface area contributed by atoms with Crippen LogP contribution in [0.1, 0.15) is 41.5 Å². The summed E-state index contributed by atoms with van der Waals surface area (Å²) in [5.74, 6) is -3.39. The summed E-state index contributed by atoms with van der Waals surface area (Å²) >= 11 is 0. The van der Waals surface area contributed by atoms with Gasteiger partial charge in [0.2, 0.25) is 0 Å². The van der Waals surface area contributed by atoms with Gasteiger partial charge in [-0.25, -0.2) is 9.59 Å². The number of fused-ring (bicyclic) bond motifs is 5. The van der Waals surface area contributed by atoms with Crippen LogP contribution in [0.4, 0.5) is 4.79 Å². The summed E-state index contributed by atoms with van der Waals surface area (Å²) in [6.45, 7) is 5.28. The summed E-state index contributed by atoms with van der Waals surface area (Å²) in [7, 11) is 0. The molecule has 7 rings (SSSR count). The van der Waals surface area contributed by atoms with Crippen molar-refractivity contribution in [3.63, 3.8) is 0 Å². The minimum absolute atomic E-state index is 0.00570. The third-order valence-corrected chi connectivity index (χ3v) is 11.3. The first-order valence-electron chi connectivity index (χ1n) is 19.7. The van der Waals surface area contributed by atoms with Crippen molar-refractivity contribution in [3.05, 3.63) is 119 Å². The molecule has 13 nitrogen and oxygen atoms in total. The predicted molar refractivity (Wildman–Crippen MR) is 206 cm³/mol. The Balaban J connectivity index is 0.762. The first-order valence-corrected chi connectivity index (χ1v) is 19.7. The number of imide groups is 1. The van der Waals surface area contributed by atoms with Crippen LogP contribution in [-0.2, 0) is 48.5 Å². The number of amides is 3. The zero-order valence-corrected chi connectivity index (χ0v) is 32.2. The fraction of sp³-hybridized carbons (Fsp3) is 0.432. The van der Waals surface area contributed by atoms with Crippen molar-refractivity contribution >= 4 is 29.8 Å². The number of esters is 1. The molecule has 13 heteroatoms. The van der Waals surface area contributed by atoms with Gasteiger partial charge in [0.1, 0.15) is 13.2 Å².